The van der Waals surface area contributed by atoms with Crippen molar-refractivity contribution in [2.45, 2.75) is 20.4 Å². The maximum Gasteiger partial charge on any atom is 0.315 e. The molecule has 0 atom stereocenters. The third kappa shape index (κ3) is 4.99. The quantitative estimate of drug-likeness (QED) is 0.795. The Hall–Kier alpha value is -2.04. The molecule has 0 saturated carbocycles. The molecule has 0 bridgehead atoms. The third-order valence-corrected chi connectivity index (χ3v) is 2.72. The van der Waals surface area contributed by atoms with E-state index in [4.69, 9.17) is 0 Å². The van der Waals surface area contributed by atoms with E-state index in [-0.39, 0.29) is 18.5 Å². The highest BCUT2D eigenvalue weighted by Crippen LogP contribution is 2.15. The molecule has 104 valence electrons. The van der Waals surface area contributed by atoms with E-state index in [2.05, 4.69) is 15.4 Å². The van der Waals surface area contributed by atoms with Gasteiger partial charge in [0, 0.05) is 13.1 Å². The highest BCUT2D eigenvalue weighted by atomic mass is 16.5. The number of urea groups is 1. The Balaban J connectivity index is 2.34. The van der Waals surface area contributed by atoms with Gasteiger partial charge >= 0.3 is 12.0 Å². The Labute approximate surface area is 113 Å². The molecule has 0 saturated heterocycles. The molecule has 5 heteroatoms. The fourth-order valence-corrected chi connectivity index (χ4v) is 1.49. The minimum atomic E-state index is -0.737. The van der Waals surface area contributed by atoms with E-state index in [0.29, 0.717) is 6.54 Å². The van der Waals surface area contributed by atoms with Gasteiger partial charge < -0.3 is 15.4 Å². The van der Waals surface area contributed by atoms with Gasteiger partial charge in [0.2, 0.25) is 0 Å². The Kier molecular flexibility index (Phi) is 5.36. The van der Waals surface area contributed by atoms with Crippen LogP contribution in [-0.2, 0) is 16.1 Å². The second-order valence-corrected chi connectivity index (χ2v) is 4.90. The van der Waals surface area contributed by atoms with Crippen molar-refractivity contribution in [3.8, 4) is 0 Å². The summed E-state index contributed by atoms with van der Waals surface area (Å²) in [5.74, 6) is -0.351. The first-order chi connectivity index (χ1) is 8.95. The monoisotopic (exact) mass is 264 g/mol. The lowest BCUT2D eigenvalue weighted by Crippen LogP contribution is -2.43. The van der Waals surface area contributed by atoms with Crippen LogP contribution in [0.15, 0.2) is 30.3 Å². The summed E-state index contributed by atoms with van der Waals surface area (Å²) in [4.78, 5) is 23.0. The number of amides is 2. The Bertz CT molecular complexity index is 430. The lowest BCUT2D eigenvalue weighted by Gasteiger charge is -2.21. The van der Waals surface area contributed by atoms with Crippen molar-refractivity contribution < 1.29 is 14.3 Å². The van der Waals surface area contributed by atoms with Crippen molar-refractivity contribution in [3.05, 3.63) is 35.9 Å². The van der Waals surface area contributed by atoms with Gasteiger partial charge in [-0.15, -0.1) is 0 Å². The minimum Gasteiger partial charge on any atom is -0.469 e. The number of methoxy groups -OCH3 is 1. The van der Waals surface area contributed by atoms with Gasteiger partial charge in [0.25, 0.3) is 0 Å². The second-order valence-electron chi connectivity index (χ2n) is 4.90. The van der Waals surface area contributed by atoms with Crippen molar-refractivity contribution in [2.24, 2.45) is 5.41 Å². The lowest BCUT2D eigenvalue weighted by molar-refractivity contribution is -0.150. The van der Waals surface area contributed by atoms with Crippen LogP contribution in [0.1, 0.15) is 19.4 Å². The SMILES string of the molecule is COC(=O)C(C)(C)CNC(=O)NCc1ccccc1. The minimum absolute atomic E-state index is 0.223. The van der Waals surface area contributed by atoms with Crippen molar-refractivity contribution in [1.82, 2.24) is 10.6 Å². The number of carbonyl (C=O) groups excluding carboxylic acids is 2. The van der Waals surface area contributed by atoms with E-state index >= 15 is 0 Å². The fraction of sp³-hybridized carbons (Fsp3) is 0.429. The highest BCUT2D eigenvalue weighted by Gasteiger charge is 2.28. The summed E-state index contributed by atoms with van der Waals surface area (Å²) in [7, 11) is 1.33. The molecule has 0 heterocycles. The molecule has 0 aromatic heterocycles. The van der Waals surface area contributed by atoms with E-state index in [0.717, 1.165) is 5.56 Å². The number of hydrogen-bond donors (Lipinski definition) is 2. The van der Waals surface area contributed by atoms with Gasteiger partial charge in [-0.05, 0) is 19.4 Å². The van der Waals surface area contributed by atoms with Crippen LogP contribution in [0.4, 0.5) is 4.79 Å². The van der Waals surface area contributed by atoms with Gasteiger partial charge in [-0.2, -0.15) is 0 Å². The van der Waals surface area contributed by atoms with Crippen LogP contribution in [0, 0.1) is 5.41 Å². The van der Waals surface area contributed by atoms with Crippen molar-refractivity contribution in [2.75, 3.05) is 13.7 Å². The number of benzene rings is 1. The van der Waals surface area contributed by atoms with Crippen LogP contribution >= 0.6 is 0 Å². The summed E-state index contributed by atoms with van der Waals surface area (Å²) in [6.45, 7) is 4.11. The summed E-state index contributed by atoms with van der Waals surface area (Å²) in [6, 6.07) is 9.30. The maximum absolute atomic E-state index is 11.6. The number of ether oxygens (including phenoxy) is 1. The Morgan fingerprint density at radius 1 is 1.16 bits per heavy atom. The molecule has 0 radical (unpaired) electrons. The average molecular weight is 264 g/mol. The van der Waals surface area contributed by atoms with Gasteiger partial charge in [-0.25, -0.2) is 4.79 Å². The molecule has 0 aliphatic heterocycles. The molecule has 1 rings (SSSR count). The predicted molar refractivity (Wildman–Crippen MR) is 72.5 cm³/mol. The molecular formula is C14H20N2O3. The highest BCUT2D eigenvalue weighted by molar-refractivity contribution is 5.78. The standard InChI is InChI=1S/C14H20N2O3/c1-14(2,12(17)19-3)10-16-13(18)15-9-11-7-5-4-6-8-11/h4-8H,9-10H2,1-3H3,(H2,15,16,18). The van der Waals surface area contributed by atoms with Crippen LogP contribution < -0.4 is 10.6 Å². The second kappa shape index (κ2) is 6.78. The normalized spacial score (nSPS) is 10.7. The number of nitrogens with one attached hydrogen (secondary N) is 2. The van der Waals surface area contributed by atoms with Gasteiger partial charge in [0.15, 0.2) is 0 Å². The average Bonchev–Trinajstić information content (AvgIpc) is 2.43. The zero-order chi connectivity index (χ0) is 14.3. The van der Waals surface area contributed by atoms with Gasteiger partial charge in [-0.3, -0.25) is 4.79 Å². The first-order valence-corrected chi connectivity index (χ1v) is 6.10. The summed E-state index contributed by atoms with van der Waals surface area (Å²) in [5, 5.41) is 5.38. The van der Waals surface area contributed by atoms with Crippen LogP contribution in [0.2, 0.25) is 0 Å². The molecule has 1 aromatic carbocycles. The van der Waals surface area contributed by atoms with Gasteiger partial charge in [0.1, 0.15) is 0 Å². The van der Waals surface area contributed by atoms with E-state index in [1.807, 2.05) is 30.3 Å². The summed E-state index contributed by atoms with van der Waals surface area (Å²) >= 11 is 0. The van der Waals surface area contributed by atoms with Crippen molar-refractivity contribution in [3.63, 3.8) is 0 Å². The third-order valence-electron chi connectivity index (χ3n) is 2.72. The number of hydrogen-bond acceptors (Lipinski definition) is 3. The molecule has 0 aliphatic rings. The number of carbonyl (C=O) groups is 2. The summed E-state index contributed by atoms with van der Waals surface area (Å²) in [5.41, 5.74) is 0.281. The first kappa shape index (κ1) is 15.0. The fourth-order valence-electron chi connectivity index (χ4n) is 1.49. The molecule has 19 heavy (non-hydrogen) atoms. The van der Waals surface area contributed by atoms with Crippen LogP contribution in [0.25, 0.3) is 0 Å². The first-order valence-electron chi connectivity index (χ1n) is 6.10. The molecule has 2 amide bonds. The number of esters is 1. The largest absolute Gasteiger partial charge is 0.469 e. The smallest absolute Gasteiger partial charge is 0.315 e. The van der Waals surface area contributed by atoms with Crippen molar-refractivity contribution in [1.29, 1.82) is 0 Å². The van der Waals surface area contributed by atoms with Gasteiger partial charge in [-0.1, -0.05) is 30.3 Å². The molecular weight excluding hydrogens is 244 g/mol. The zero-order valence-corrected chi connectivity index (χ0v) is 11.5. The van der Waals surface area contributed by atoms with Crippen molar-refractivity contribution >= 4 is 12.0 Å². The zero-order valence-electron chi connectivity index (χ0n) is 11.5. The lowest BCUT2D eigenvalue weighted by atomic mass is 9.94. The molecule has 0 fully saturated rings. The number of rotatable bonds is 5. The predicted octanol–water partition coefficient (Wildman–Crippen LogP) is 1.68. The molecule has 1 aromatic rings. The Morgan fingerprint density at radius 2 is 1.79 bits per heavy atom. The molecule has 0 unspecified atom stereocenters. The van der Waals surface area contributed by atoms with Crippen LogP contribution in [0.5, 0.6) is 0 Å². The maximum atomic E-state index is 11.6. The molecule has 0 aliphatic carbocycles. The van der Waals surface area contributed by atoms with E-state index in [1.54, 1.807) is 13.8 Å². The molecule has 0 spiro atoms. The molecule has 2 N–H and O–H groups in total. The van der Waals surface area contributed by atoms with E-state index in [1.165, 1.54) is 7.11 Å². The van der Waals surface area contributed by atoms with E-state index in [9.17, 15) is 9.59 Å². The van der Waals surface area contributed by atoms with Crippen LogP contribution in [0.3, 0.4) is 0 Å². The topological polar surface area (TPSA) is 67.4 Å². The summed E-state index contributed by atoms with van der Waals surface area (Å²) in [6.07, 6.45) is 0. The summed E-state index contributed by atoms with van der Waals surface area (Å²) < 4.78 is 4.67. The van der Waals surface area contributed by atoms with Crippen LogP contribution in [-0.4, -0.2) is 25.7 Å². The van der Waals surface area contributed by atoms with E-state index < -0.39 is 5.41 Å². The van der Waals surface area contributed by atoms with Gasteiger partial charge in [0.05, 0.1) is 12.5 Å². The molecule has 5 nitrogen and oxygen atoms in total. The Morgan fingerprint density at radius 3 is 2.37 bits per heavy atom.